The molecule has 0 aliphatic carbocycles. The summed E-state index contributed by atoms with van der Waals surface area (Å²) < 4.78 is 0. The second-order valence-corrected chi connectivity index (χ2v) is 4.59. The van der Waals surface area contributed by atoms with Crippen LogP contribution in [0.1, 0.15) is 25.7 Å². The highest BCUT2D eigenvalue weighted by Gasteiger charge is 2.44. The molecule has 3 aliphatic rings. The fraction of sp³-hybridized carbons (Fsp3) is 1.00. The van der Waals surface area contributed by atoms with Gasteiger partial charge in [0.15, 0.2) is 0 Å². The molecule has 1 N–H and O–H groups in total. The molecule has 12 heavy (non-hydrogen) atoms. The predicted molar refractivity (Wildman–Crippen MR) is 49.1 cm³/mol. The summed E-state index contributed by atoms with van der Waals surface area (Å²) in [6, 6.07) is 1.77. The first-order valence-corrected chi connectivity index (χ1v) is 5.42. The predicted octanol–water partition coefficient (Wildman–Crippen LogP) is 0.833. The van der Waals surface area contributed by atoms with Gasteiger partial charge in [-0.25, -0.2) is 0 Å². The first kappa shape index (κ1) is 7.34. The molecule has 0 spiro atoms. The van der Waals surface area contributed by atoms with Gasteiger partial charge in [0.05, 0.1) is 0 Å². The van der Waals surface area contributed by atoms with Crippen molar-refractivity contribution in [3.8, 4) is 0 Å². The van der Waals surface area contributed by atoms with Gasteiger partial charge in [-0.2, -0.15) is 0 Å². The van der Waals surface area contributed by atoms with Gasteiger partial charge in [0, 0.05) is 18.6 Å². The Balaban J connectivity index is 1.79. The number of hydrogen-bond acceptors (Lipinski definition) is 2. The maximum absolute atomic E-state index is 3.68. The molecule has 3 aliphatic heterocycles. The Labute approximate surface area is 74.3 Å². The maximum Gasteiger partial charge on any atom is 0.0264 e. The Morgan fingerprint density at radius 3 is 3.17 bits per heavy atom. The summed E-state index contributed by atoms with van der Waals surface area (Å²) >= 11 is 0. The van der Waals surface area contributed by atoms with E-state index in [4.69, 9.17) is 0 Å². The Kier molecular flexibility index (Phi) is 1.66. The van der Waals surface area contributed by atoms with Crippen LogP contribution < -0.4 is 5.32 Å². The van der Waals surface area contributed by atoms with Crippen molar-refractivity contribution >= 4 is 0 Å². The van der Waals surface area contributed by atoms with Crippen LogP contribution in [-0.4, -0.2) is 36.6 Å². The van der Waals surface area contributed by atoms with E-state index in [1.807, 2.05) is 0 Å². The Morgan fingerprint density at radius 1 is 1.17 bits per heavy atom. The zero-order chi connectivity index (χ0) is 7.97. The summed E-state index contributed by atoms with van der Waals surface area (Å²) in [6.07, 6.45) is 5.79. The summed E-state index contributed by atoms with van der Waals surface area (Å²) in [5, 5.41) is 3.68. The van der Waals surface area contributed by atoms with E-state index < -0.39 is 0 Å². The van der Waals surface area contributed by atoms with Gasteiger partial charge in [-0.05, 0) is 38.3 Å². The van der Waals surface area contributed by atoms with Gasteiger partial charge in [-0.3, -0.25) is 4.90 Å². The second kappa shape index (κ2) is 2.71. The molecule has 2 heteroatoms. The van der Waals surface area contributed by atoms with E-state index >= 15 is 0 Å². The summed E-state index contributed by atoms with van der Waals surface area (Å²) in [7, 11) is 0. The minimum atomic E-state index is 0.866. The highest BCUT2D eigenvalue weighted by atomic mass is 15.2. The molecule has 3 unspecified atom stereocenters. The van der Waals surface area contributed by atoms with E-state index in [-0.39, 0.29) is 0 Å². The fourth-order valence-corrected chi connectivity index (χ4v) is 3.39. The Morgan fingerprint density at radius 2 is 2.17 bits per heavy atom. The van der Waals surface area contributed by atoms with Gasteiger partial charge >= 0.3 is 0 Å². The third-order valence-corrected chi connectivity index (χ3v) is 3.95. The quantitative estimate of drug-likeness (QED) is 0.573. The highest BCUT2D eigenvalue weighted by Crippen LogP contribution is 2.34. The van der Waals surface area contributed by atoms with Crippen LogP contribution in [0.2, 0.25) is 0 Å². The zero-order valence-corrected chi connectivity index (χ0v) is 7.63. The van der Waals surface area contributed by atoms with Crippen LogP contribution in [0, 0.1) is 5.92 Å². The van der Waals surface area contributed by atoms with Crippen LogP contribution in [0.25, 0.3) is 0 Å². The molecule has 3 atom stereocenters. The van der Waals surface area contributed by atoms with Crippen molar-refractivity contribution in [2.24, 2.45) is 5.92 Å². The summed E-state index contributed by atoms with van der Waals surface area (Å²) in [5.74, 6) is 0.994. The first-order chi connectivity index (χ1) is 5.95. The minimum absolute atomic E-state index is 0.866. The molecule has 0 radical (unpaired) electrons. The molecule has 0 aromatic carbocycles. The lowest BCUT2D eigenvalue weighted by atomic mass is 9.95. The van der Waals surface area contributed by atoms with Crippen LogP contribution in [-0.2, 0) is 0 Å². The van der Waals surface area contributed by atoms with Crippen LogP contribution in [0.15, 0.2) is 0 Å². The van der Waals surface area contributed by atoms with Crippen molar-refractivity contribution < 1.29 is 0 Å². The number of piperidine rings is 1. The molecule has 3 saturated heterocycles. The Hall–Kier alpha value is -0.0800. The van der Waals surface area contributed by atoms with E-state index in [1.54, 1.807) is 0 Å². The smallest absolute Gasteiger partial charge is 0.0264 e. The molecule has 0 saturated carbocycles. The molecule has 0 aromatic rings. The van der Waals surface area contributed by atoms with Crippen molar-refractivity contribution in [2.75, 3.05) is 19.6 Å². The van der Waals surface area contributed by atoms with Crippen LogP contribution in [0.3, 0.4) is 0 Å². The highest BCUT2D eigenvalue weighted by molar-refractivity contribution is 5.02. The Bertz CT molecular complexity index is 181. The summed E-state index contributed by atoms with van der Waals surface area (Å²) in [6.45, 7) is 4.04. The molecule has 0 aromatic heterocycles. The van der Waals surface area contributed by atoms with Gasteiger partial charge in [0.1, 0.15) is 0 Å². The topological polar surface area (TPSA) is 15.3 Å². The molecule has 0 amide bonds. The fourth-order valence-electron chi connectivity index (χ4n) is 3.39. The van der Waals surface area contributed by atoms with E-state index in [2.05, 4.69) is 10.2 Å². The van der Waals surface area contributed by atoms with E-state index in [0.717, 1.165) is 18.0 Å². The minimum Gasteiger partial charge on any atom is -0.312 e. The van der Waals surface area contributed by atoms with Crippen molar-refractivity contribution in [2.45, 2.75) is 37.8 Å². The van der Waals surface area contributed by atoms with Crippen molar-refractivity contribution in [1.82, 2.24) is 10.2 Å². The largest absolute Gasteiger partial charge is 0.312 e. The molecule has 2 nitrogen and oxygen atoms in total. The normalized spacial score (nSPS) is 47.5. The lowest BCUT2D eigenvalue weighted by Crippen LogP contribution is -2.43. The standard InChI is InChI=1S/C10H18N2/c1-2-6-12-7-8-4-5-11-10(8)9(12)3-1/h8-11H,1-7H2. The van der Waals surface area contributed by atoms with Gasteiger partial charge < -0.3 is 5.32 Å². The van der Waals surface area contributed by atoms with E-state index in [9.17, 15) is 0 Å². The number of fused-ring (bicyclic) bond motifs is 3. The van der Waals surface area contributed by atoms with Crippen LogP contribution in [0.4, 0.5) is 0 Å². The number of nitrogens with one attached hydrogen (secondary N) is 1. The van der Waals surface area contributed by atoms with Crippen molar-refractivity contribution in [3.05, 3.63) is 0 Å². The lowest BCUT2D eigenvalue weighted by Gasteiger charge is -2.32. The third-order valence-electron chi connectivity index (χ3n) is 3.95. The van der Waals surface area contributed by atoms with Gasteiger partial charge in [0.25, 0.3) is 0 Å². The third kappa shape index (κ3) is 0.944. The molecular weight excluding hydrogens is 148 g/mol. The van der Waals surface area contributed by atoms with Crippen LogP contribution in [0.5, 0.6) is 0 Å². The van der Waals surface area contributed by atoms with Gasteiger partial charge in [0.2, 0.25) is 0 Å². The van der Waals surface area contributed by atoms with Crippen LogP contribution >= 0.6 is 0 Å². The maximum atomic E-state index is 3.68. The molecular formula is C10H18N2. The van der Waals surface area contributed by atoms with E-state index in [1.165, 1.54) is 45.3 Å². The molecule has 0 bridgehead atoms. The SMILES string of the molecule is C1CCN2CC3CCNC3C2C1. The number of hydrogen-bond donors (Lipinski definition) is 1. The van der Waals surface area contributed by atoms with Crippen molar-refractivity contribution in [3.63, 3.8) is 0 Å². The number of rotatable bonds is 0. The van der Waals surface area contributed by atoms with Gasteiger partial charge in [-0.1, -0.05) is 6.42 Å². The van der Waals surface area contributed by atoms with Gasteiger partial charge in [-0.15, -0.1) is 0 Å². The lowest BCUT2D eigenvalue weighted by molar-refractivity contribution is 0.180. The second-order valence-electron chi connectivity index (χ2n) is 4.59. The first-order valence-electron chi connectivity index (χ1n) is 5.42. The summed E-state index contributed by atoms with van der Waals surface area (Å²) in [4.78, 5) is 2.73. The molecule has 3 rings (SSSR count). The monoisotopic (exact) mass is 166 g/mol. The molecule has 3 heterocycles. The zero-order valence-electron chi connectivity index (χ0n) is 7.63. The average Bonchev–Trinajstić information content (AvgIpc) is 2.62. The number of nitrogens with zero attached hydrogens (tertiary/aromatic N) is 1. The molecule has 3 fully saturated rings. The van der Waals surface area contributed by atoms with E-state index in [0.29, 0.717) is 0 Å². The van der Waals surface area contributed by atoms with Crippen molar-refractivity contribution in [1.29, 1.82) is 0 Å². The average molecular weight is 166 g/mol. The molecule has 68 valence electrons. The summed E-state index contributed by atoms with van der Waals surface area (Å²) in [5.41, 5.74) is 0.